The molecule has 0 bridgehead atoms. The monoisotopic (exact) mass is 352 g/mol. The lowest BCUT2D eigenvalue weighted by molar-refractivity contribution is -0.141. The summed E-state index contributed by atoms with van der Waals surface area (Å²) in [6.45, 7) is 0.225. The number of aryl methyl sites for hydroxylation is 1. The van der Waals surface area contributed by atoms with Crippen LogP contribution < -0.4 is 0 Å². The van der Waals surface area contributed by atoms with Crippen LogP contribution in [0.15, 0.2) is 34.8 Å². The molecule has 0 fully saturated rings. The van der Waals surface area contributed by atoms with Gasteiger partial charge in [0.15, 0.2) is 5.69 Å². The van der Waals surface area contributed by atoms with Crippen molar-refractivity contribution in [2.75, 3.05) is 5.88 Å². The Morgan fingerprint density at radius 3 is 2.37 bits per heavy atom. The van der Waals surface area contributed by atoms with Crippen LogP contribution in [0.2, 0.25) is 0 Å². The summed E-state index contributed by atoms with van der Waals surface area (Å²) in [6.07, 6.45) is -4.46. The Morgan fingerprint density at radius 2 is 1.84 bits per heavy atom. The van der Waals surface area contributed by atoms with E-state index in [1.54, 1.807) is 24.3 Å². The predicted molar refractivity (Wildman–Crippen MR) is 71.1 cm³/mol. The van der Waals surface area contributed by atoms with Gasteiger partial charge in [0.05, 0.1) is 12.2 Å². The molecule has 102 valence electrons. The maximum atomic E-state index is 12.7. The van der Waals surface area contributed by atoms with Crippen molar-refractivity contribution in [3.63, 3.8) is 0 Å². The number of halogens is 5. The van der Waals surface area contributed by atoms with Crippen molar-refractivity contribution < 1.29 is 13.2 Å². The van der Waals surface area contributed by atoms with E-state index in [1.165, 1.54) is 4.68 Å². The van der Waals surface area contributed by atoms with Gasteiger partial charge in [-0.1, -0.05) is 28.1 Å². The van der Waals surface area contributed by atoms with Gasteiger partial charge >= 0.3 is 6.18 Å². The van der Waals surface area contributed by atoms with E-state index in [0.717, 1.165) is 10.5 Å². The molecule has 2 nitrogen and oxygen atoms in total. The fourth-order valence-electron chi connectivity index (χ4n) is 1.66. The number of nitrogens with zero attached hydrogens (tertiary/aromatic N) is 2. The standard InChI is InChI=1S/C12H9BrClF3N2/c13-9-3-1-8(2-4-9)10-7-11(12(15,16)17)18-19(10)6-5-14/h1-4,7H,5-6H2. The van der Waals surface area contributed by atoms with E-state index < -0.39 is 11.9 Å². The number of hydrogen-bond donors (Lipinski definition) is 0. The number of benzene rings is 1. The van der Waals surface area contributed by atoms with Gasteiger partial charge in [-0.2, -0.15) is 18.3 Å². The van der Waals surface area contributed by atoms with Gasteiger partial charge in [-0.3, -0.25) is 4.68 Å². The van der Waals surface area contributed by atoms with Crippen LogP contribution in [-0.2, 0) is 12.7 Å². The maximum Gasteiger partial charge on any atom is 0.435 e. The van der Waals surface area contributed by atoms with Crippen LogP contribution in [0, 0.1) is 0 Å². The fourth-order valence-corrected chi connectivity index (χ4v) is 2.08. The summed E-state index contributed by atoms with van der Waals surface area (Å²) in [5, 5.41) is 3.57. The molecule has 0 atom stereocenters. The Morgan fingerprint density at radius 1 is 1.21 bits per heavy atom. The highest BCUT2D eigenvalue weighted by Gasteiger charge is 2.35. The fraction of sp³-hybridized carbons (Fsp3) is 0.250. The van der Waals surface area contributed by atoms with Crippen LogP contribution in [0.25, 0.3) is 11.3 Å². The molecule has 0 aliphatic rings. The van der Waals surface area contributed by atoms with E-state index in [2.05, 4.69) is 21.0 Å². The second kappa shape index (κ2) is 5.54. The Labute approximate surface area is 121 Å². The number of aromatic nitrogens is 2. The molecule has 0 spiro atoms. The summed E-state index contributed by atoms with van der Waals surface area (Å²) in [7, 11) is 0. The molecule has 7 heteroatoms. The van der Waals surface area contributed by atoms with Crippen molar-refractivity contribution in [1.29, 1.82) is 0 Å². The molecule has 0 saturated heterocycles. The van der Waals surface area contributed by atoms with E-state index in [9.17, 15) is 13.2 Å². The first kappa shape index (κ1) is 14.4. The highest BCUT2D eigenvalue weighted by molar-refractivity contribution is 9.10. The normalized spacial score (nSPS) is 11.8. The van der Waals surface area contributed by atoms with E-state index >= 15 is 0 Å². The zero-order valence-electron chi connectivity index (χ0n) is 9.59. The summed E-state index contributed by atoms with van der Waals surface area (Å²) < 4.78 is 40.2. The van der Waals surface area contributed by atoms with Crippen molar-refractivity contribution in [3.05, 3.63) is 40.5 Å². The van der Waals surface area contributed by atoms with Crippen LogP contribution in [0.3, 0.4) is 0 Å². The summed E-state index contributed by atoms with van der Waals surface area (Å²) in [5.74, 6) is 0.197. The summed E-state index contributed by atoms with van der Waals surface area (Å²) in [5.41, 5.74) is 0.160. The first-order chi connectivity index (χ1) is 8.91. The zero-order valence-corrected chi connectivity index (χ0v) is 11.9. The van der Waals surface area contributed by atoms with Crippen molar-refractivity contribution in [2.24, 2.45) is 0 Å². The molecule has 0 saturated carbocycles. The number of rotatable bonds is 3. The molecular formula is C12H9BrClF3N2. The third-order valence-corrected chi connectivity index (χ3v) is 3.20. The highest BCUT2D eigenvalue weighted by atomic mass is 79.9. The van der Waals surface area contributed by atoms with Gasteiger partial charge in [0, 0.05) is 10.4 Å². The van der Waals surface area contributed by atoms with Gasteiger partial charge in [-0.05, 0) is 23.8 Å². The van der Waals surface area contributed by atoms with Gasteiger partial charge in [-0.15, -0.1) is 11.6 Å². The molecule has 1 aromatic carbocycles. The summed E-state index contributed by atoms with van der Waals surface area (Å²) >= 11 is 8.88. The molecule has 19 heavy (non-hydrogen) atoms. The molecule has 1 heterocycles. The maximum absolute atomic E-state index is 12.7. The van der Waals surface area contributed by atoms with Crippen molar-refractivity contribution in [1.82, 2.24) is 9.78 Å². The van der Waals surface area contributed by atoms with Gasteiger partial charge in [0.2, 0.25) is 0 Å². The minimum absolute atomic E-state index is 0.197. The van der Waals surface area contributed by atoms with Crippen molar-refractivity contribution >= 4 is 27.5 Å². The average molecular weight is 354 g/mol. The molecule has 0 aliphatic heterocycles. The van der Waals surface area contributed by atoms with Crippen molar-refractivity contribution in [2.45, 2.75) is 12.7 Å². The van der Waals surface area contributed by atoms with Crippen LogP contribution in [0.5, 0.6) is 0 Å². The molecule has 0 radical (unpaired) electrons. The minimum Gasteiger partial charge on any atom is -0.263 e. The van der Waals surface area contributed by atoms with Gasteiger partial charge in [-0.25, -0.2) is 0 Å². The topological polar surface area (TPSA) is 17.8 Å². The molecular weight excluding hydrogens is 344 g/mol. The third kappa shape index (κ3) is 3.30. The van der Waals surface area contributed by atoms with Gasteiger partial charge in [0.25, 0.3) is 0 Å². The Bertz CT molecular complexity index is 563. The van der Waals surface area contributed by atoms with Crippen LogP contribution >= 0.6 is 27.5 Å². The highest BCUT2D eigenvalue weighted by Crippen LogP contribution is 2.32. The number of hydrogen-bond acceptors (Lipinski definition) is 1. The van der Waals surface area contributed by atoms with Crippen LogP contribution in [0.4, 0.5) is 13.2 Å². The SMILES string of the molecule is FC(F)(F)c1cc(-c2ccc(Br)cc2)n(CCCl)n1. The largest absolute Gasteiger partial charge is 0.435 e. The first-order valence-corrected chi connectivity index (χ1v) is 6.71. The van der Waals surface area contributed by atoms with Crippen molar-refractivity contribution in [3.8, 4) is 11.3 Å². The van der Waals surface area contributed by atoms with Crippen LogP contribution in [-0.4, -0.2) is 15.7 Å². The average Bonchev–Trinajstić information content (AvgIpc) is 2.74. The molecule has 2 rings (SSSR count). The third-order valence-electron chi connectivity index (χ3n) is 2.51. The molecule has 1 aromatic heterocycles. The molecule has 0 N–H and O–H groups in total. The van der Waals surface area contributed by atoms with Gasteiger partial charge in [0.1, 0.15) is 0 Å². The Kier molecular flexibility index (Phi) is 4.20. The van der Waals surface area contributed by atoms with E-state index in [-0.39, 0.29) is 12.4 Å². The lowest BCUT2D eigenvalue weighted by atomic mass is 10.1. The molecule has 0 unspecified atom stereocenters. The van der Waals surface area contributed by atoms with E-state index in [4.69, 9.17) is 11.6 Å². The zero-order chi connectivity index (χ0) is 14.0. The van der Waals surface area contributed by atoms with Crippen LogP contribution in [0.1, 0.15) is 5.69 Å². The summed E-state index contributed by atoms with van der Waals surface area (Å²) in [6, 6.07) is 8.02. The first-order valence-electron chi connectivity index (χ1n) is 5.39. The lowest BCUT2D eigenvalue weighted by Gasteiger charge is -2.05. The second-order valence-corrected chi connectivity index (χ2v) is 5.13. The summed E-state index contributed by atoms with van der Waals surface area (Å²) in [4.78, 5) is 0. The molecule has 0 amide bonds. The lowest BCUT2D eigenvalue weighted by Crippen LogP contribution is -2.09. The Balaban J connectivity index is 2.48. The molecule has 0 aliphatic carbocycles. The van der Waals surface area contributed by atoms with Gasteiger partial charge < -0.3 is 0 Å². The number of alkyl halides is 4. The predicted octanol–water partition coefficient (Wildman–Crippen LogP) is 4.57. The quantitative estimate of drug-likeness (QED) is 0.739. The second-order valence-electron chi connectivity index (χ2n) is 3.83. The minimum atomic E-state index is -4.46. The molecule has 2 aromatic rings. The van der Waals surface area contributed by atoms with E-state index in [0.29, 0.717) is 11.3 Å². The Hall–Kier alpha value is -1.01. The van der Waals surface area contributed by atoms with E-state index in [1.807, 2.05) is 0 Å². The smallest absolute Gasteiger partial charge is 0.263 e.